The number of sulfonamides is 1. The van der Waals surface area contributed by atoms with E-state index in [0.29, 0.717) is 23.2 Å². The summed E-state index contributed by atoms with van der Waals surface area (Å²) in [4.78, 5) is 3.24. The van der Waals surface area contributed by atoms with Gasteiger partial charge in [0.15, 0.2) is 0 Å². The number of nitrogens with zero attached hydrogens (tertiary/aromatic N) is 2. The minimum absolute atomic E-state index is 0.261. The van der Waals surface area contributed by atoms with Gasteiger partial charge < -0.3 is 0 Å². The monoisotopic (exact) mass is 336 g/mol. The van der Waals surface area contributed by atoms with Crippen molar-refractivity contribution in [2.24, 2.45) is 0 Å². The molecule has 1 atom stereocenters. The summed E-state index contributed by atoms with van der Waals surface area (Å²) >= 11 is 7.13. The summed E-state index contributed by atoms with van der Waals surface area (Å²) in [5.74, 6) is 0.367. The molecule has 7 heteroatoms. The van der Waals surface area contributed by atoms with Gasteiger partial charge in [0.05, 0.1) is 5.88 Å². The Morgan fingerprint density at radius 3 is 2.65 bits per heavy atom. The predicted octanol–water partition coefficient (Wildman–Crippen LogP) is 2.51. The second kappa shape index (κ2) is 6.32. The molecule has 2 rings (SSSR count). The minimum atomic E-state index is -3.37. The first-order chi connectivity index (χ1) is 9.40. The molecule has 1 aliphatic heterocycles. The van der Waals surface area contributed by atoms with Crippen LogP contribution < -0.4 is 0 Å². The summed E-state index contributed by atoms with van der Waals surface area (Å²) in [5.41, 5.74) is 0.962. The minimum Gasteiger partial charge on any atom is -0.298 e. The molecule has 0 N–H and O–H groups in total. The zero-order valence-electron chi connectivity index (χ0n) is 12.1. The highest BCUT2D eigenvalue weighted by Gasteiger charge is 2.32. The standard InChI is InChI=1S/C13H21ClN2O2S2/c1-4-15-5-6-16(9-11(15)3)20(17,18)13-7-10(2)12(8-14)19-13/h7,11H,4-6,8-9H2,1-3H3. The van der Waals surface area contributed by atoms with Crippen molar-refractivity contribution in [3.63, 3.8) is 0 Å². The number of rotatable bonds is 4. The van der Waals surface area contributed by atoms with E-state index in [1.54, 1.807) is 10.4 Å². The SMILES string of the molecule is CCN1CCN(S(=O)(=O)c2cc(C)c(CCl)s2)CC1C. The summed E-state index contributed by atoms with van der Waals surface area (Å²) in [6, 6.07) is 2.01. The van der Waals surface area contributed by atoms with Gasteiger partial charge >= 0.3 is 0 Å². The van der Waals surface area contributed by atoms with Crippen LogP contribution in [0, 0.1) is 6.92 Å². The van der Waals surface area contributed by atoms with E-state index in [4.69, 9.17) is 11.6 Å². The molecule has 0 saturated carbocycles. The van der Waals surface area contributed by atoms with Crippen molar-refractivity contribution in [1.29, 1.82) is 0 Å². The molecule has 1 aromatic rings. The summed E-state index contributed by atoms with van der Waals surface area (Å²) in [5, 5.41) is 0. The maximum absolute atomic E-state index is 12.7. The maximum atomic E-state index is 12.7. The Labute approximate surface area is 130 Å². The number of piperazine rings is 1. The Kier molecular flexibility index (Phi) is 5.13. The van der Waals surface area contributed by atoms with E-state index < -0.39 is 10.0 Å². The Morgan fingerprint density at radius 2 is 2.15 bits per heavy atom. The number of thiophene rings is 1. The first kappa shape index (κ1) is 16.2. The Bertz CT molecular complexity index is 571. The van der Waals surface area contributed by atoms with Crippen molar-refractivity contribution < 1.29 is 8.42 Å². The zero-order chi connectivity index (χ0) is 14.9. The van der Waals surface area contributed by atoms with Gasteiger partial charge in [-0.05, 0) is 32.0 Å². The Balaban J connectivity index is 2.22. The topological polar surface area (TPSA) is 40.6 Å². The normalized spacial score (nSPS) is 22.3. The molecule has 0 radical (unpaired) electrons. The van der Waals surface area contributed by atoms with Crippen LogP contribution in [0.4, 0.5) is 0 Å². The van der Waals surface area contributed by atoms with Crippen LogP contribution in [0.1, 0.15) is 24.3 Å². The molecule has 114 valence electrons. The van der Waals surface area contributed by atoms with E-state index in [2.05, 4.69) is 18.7 Å². The van der Waals surface area contributed by atoms with Crippen LogP contribution in [0.3, 0.4) is 0 Å². The van der Waals surface area contributed by atoms with Gasteiger partial charge in [0, 0.05) is 30.6 Å². The van der Waals surface area contributed by atoms with Crippen LogP contribution >= 0.6 is 22.9 Å². The molecule has 1 aliphatic rings. The van der Waals surface area contributed by atoms with Crippen molar-refractivity contribution >= 4 is 33.0 Å². The van der Waals surface area contributed by atoms with Gasteiger partial charge in [-0.1, -0.05) is 6.92 Å². The van der Waals surface area contributed by atoms with E-state index in [0.717, 1.165) is 23.5 Å². The first-order valence-corrected chi connectivity index (χ1v) is 9.58. The van der Waals surface area contributed by atoms with Crippen LogP contribution in [-0.4, -0.2) is 49.8 Å². The quantitative estimate of drug-likeness (QED) is 0.793. The molecule has 1 unspecified atom stereocenters. The van der Waals surface area contributed by atoms with Crippen LogP contribution in [0.2, 0.25) is 0 Å². The number of alkyl halides is 1. The fraction of sp³-hybridized carbons (Fsp3) is 0.692. The summed E-state index contributed by atoms with van der Waals surface area (Å²) < 4.78 is 27.4. The number of halogens is 1. The van der Waals surface area contributed by atoms with Gasteiger partial charge in [0.25, 0.3) is 10.0 Å². The van der Waals surface area contributed by atoms with Gasteiger partial charge in [-0.15, -0.1) is 22.9 Å². The lowest BCUT2D eigenvalue weighted by Gasteiger charge is -2.38. The average Bonchev–Trinajstić information content (AvgIpc) is 2.80. The number of hydrogen-bond acceptors (Lipinski definition) is 4. The predicted molar refractivity (Wildman–Crippen MR) is 84.1 cm³/mol. The third-order valence-corrected chi connectivity index (χ3v) is 7.82. The molecule has 1 aromatic heterocycles. The van der Waals surface area contributed by atoms with Gasteiger partial charge in [0.2, 0.25) is 0 Å². The van der Waals surface area contributed by atoms with Crippen molar-refractivity contribution in [2.45, 2.75) is 36.9 Å². The summed E-state index contributed by atoms with van der Waals surface area (Å²) in [7, 11) is -3.37. The second-order valence-electron chi connectivity index (χ2n) is 5.15. The Morgan fingerprint density at radius 1 is 1.45 bits per heavy atom. The third kappa shape index (κ3) is 3.04. The molecule has 0 aromatic carbocycles. The fourth-order valence-corrected chi connectivity index (χ4v) is 6.01. The molecule has 0 aliphatic carbocycles. The lowest BCUT2D eigenvalue weighted by atomic mass is 10.2. The number of likely N-dealkylation sites (N-methyl/N-ethyl adjacent to an activating group) is 1. The lowest BCUT2D eigenvalue weighted by molar-refractivity contribution is 0.136. The maximum Gasteiger partial charge on any atom is 0.252 e. The van der Waals surface area contributed by atoms with Gasteiger partial charge in [-0.3, -0.25) is 4.90 Å². The van der Waals surface area contributed by atoms with Crippen LogP contribution in [0.15, 0.2) is 10.3 Å². The van der Waals surface area contributed by atoms with Crippen LogP contribution in [-0.2, 0) is 15.9 Å². The second-order valence-corrected chi connectivity index (χ2v) is 8.71. The highest BCUT2D eigenvalue weighted by molar-refractivity contribution is 7.91. The van der Waals surface area contributed by atoms with E-state index in [1.807, 2.05) is 6.92 Å². The average molecular weight is 337 g/mol. The number of hydrogen-bond donors (Lipinski definition) is 0. The molecular weight excluding hydrogens is 316 g/mol. The molecule has 2 heterocycles. The molecule has 0 amide bonds. The van der Waals surface area contributed by atoms with E-state index in [9.17, 15) is 8.42 Å². The van der Waals surface area contributed by atoms with Gasteiger partial charge in [-0.2, -0.15) is 4.31 Å². The van der Waals surface area contributed by atoms with Gasteiger partial charge in [-0.25, -0.2) is 8.42 Å². The third-order valence-electron chi connectivity index (χ3n) is 3.85. The molecule has 4 nitrogen and oxygen atoms in total. The van der Waals surface area contributed by atoms with Crippen LogP contribution in [0.5, 0.6) is 0 Å². The summed E-state index contributed by atoms with van der Waals surface area (Å²) in [6.45, 7) is 8.97. The largest absolute Gasteiger partial charge is 0.298 e. The van der Waals surface area contributed by atoms with Crippen molar-refractivity contribution in [2.75, 3.05) is 26.2 Å². The highest BCUT2D eigenvalue weighted by Crippen LogP contribution is 2.30. The molecule has 1 fully saturated rings. The van der Waals surface area contributed by atoms with E-state index >= 15 is 0 Å². The van der Waals surface area contributed by atoms with Crippen molar-refractivity contribution in [3.8, 4) is 0 Å². The Hall–Kier alpha value is -0.140. The highest BCUT2D eigenvalue weighted by atomic mass is 35.5. The summed E-state index contributed by atoms with van der Waals surface area (Å²) in [6.07, 6.45) is 0. The zero-order valence-corrected chi connectivity index (χ0v) is 14.5. The smallest absolute Gasteiger partial charge is 0.252 e. The molecule has 0 bridgehead atoms. The van der Waals surface area contributed by atoms with Crippen LogP contribution in [0.25, 0.3) is 0 Å². The lowest BCUT2D eigenvalue weighted by Crippen LogP contribution is -2.53. The molecule has 1 saturated heterocycles. The molecule has 0 spiro atoms. The van der Waals surface area contributed by atoms with Crippen molar-refractivity contribution in [1.82, 2.24) is 9.21 Å². The first-order valence-electron chi connectivity index (χ1n) is 6.79. The van der Waals surface area contributed by atoms with Gasteiger partial charge in [0.1, 0.15) is 4.21 Å². The fourth-order valence-electron chi connectivity index (χ4n) is 2.53. The van der Waals surface area contributed by atoms with E-state index in [-0.39, 0.29) is 6.04 Å². The molecular formula is C13H21ClN2O2S2. The van der Waals surface area contributed by atoms with Crippen molar-refractivity contribution in [3.05, 3.63) is 16.5 Å². The molecule has 20 heavy (non-hydrogen) atoms. The van der Waals surface area contributed by atoms with E-state index in [1.165, 1.54) is 11.3 Å². The number of aryl methyl sites for hydroxylation is 1.